The Labute approximate surface area is 89.9 Å². The molecule has 2 nitrogen and oxygen atoms in total. The third-order valence-electron chi connectivity index (χ3n) is 2.94. The lowest BCUT2D eigenvalue weighted by molar-refractivity contribution is 0.227. The van der Waals surface area contributed by atoms with Crippen LogP contribution in [0.3, 0.4) is 0 Å². The smallest absolute Gasteiger partial charge is 0.0476 e. The summed E-state index contributed by atoms with van der Waals surface area (Å²) in [5.41, 5.74) is 0. The maximum absolute atomic E-state index is 3.45. The normalized spacial score (nSPS) is 24.4. The van der Waals surface area contributed by atoms with Crippen molar-refractivity contribution in [2.45, 2.75) is 12.5 Å². The summed E-state index contributed by atoms with van der Waals surface area (Å²) >= 11 is 1.88. The summed E-state index contributed by atoms with van der Waals surface area (Å²) in [5.74, 6) is 0.781. The lowest BCUT2D eigenvalue weighted by Crippen LogP contribution is -2.28. The van der Waals surface area contributed by atoms with Crippen LogP contribution in [0.4, 0.5) is 0 Å². The Kier molecular flexibility index (Phi) is 3.21. The van der Waals surface area contributed by atoms with Crippen molar-refractivity contribution in [3.63, 3.8) is 0 Å². The molecule has 0 amide bonds. The summed E-state index contributed by atoms with van der Waals surface area (Å²) in [5, 5.41) is 5.62. The molecule has 2 rings (SSSR count). The largest absolute Gasteiger partial charge is 0.316 e. The zero-order chi connectivity index (χ0) is 9.97. The fraction of sp³-hybridized carbons (Fsp3) is 0.636. The van der Waals surface area contributed by atoms with Crippen molar-refractivity contribution in [3.05, 3.63) is 22.4 Å². The minimum atomic E-state index is 0.602. The van der Waals surface area contributed by atoms with Gasteiger partial charge in [-0.2, -0.15) is 0 Å². The molecule has 2 atom stereocenters. The van der Waals surface area contributed by atoms with Gasteiger partial charge in [-0.25, -0.2) is 0 Å². The summed E-state index contributed by atoms with van der Waals surface area (Å²) < 4.78 is 0. The maximum Gasteiger partial charge on any atom is 0.0476 e. The fourth-order valence-electron chi connectivity index (χ4n) is 2.31. The molecule has 1 aromatic rings. The zero-order valence-electron chi connectivity index (χ0n) is 8.86. The van der Waals surface area contributed by atoms with E-state index in [0.717, 1.165) is 5.92 Å². The van der Waals surface area contributed by atoms with Crippen molar-refractivity contribution in [2.24, 2.45) is 5.92 Å². The van der Waals surface area contributed by atoms with Crippen molar-refractivity contribution < 1.29 is 0 Å². The first-order valence-electron chi connectivity index (χ1n) is 5.19. The van der Waals surface area contributed by atoms with E-state index in [1.807, 2.05) is 11.3 Å². The molecule has 0 saturated carbocycles. The summed E-state index contributed by atoms with van der Waals surface area (Å²) in [6.07, 6.45) is 1.31. The molecule has 2 heterocycles. The lowest BCUT2D eigenvalue weighted by atomic mass is 9.97. The third-order valence-corrected chi connectivity index (χ3v) is 3.88. The minimum absolute atomic E-state index is 0.602. The molecule has 0 aliphatic carbocycles. The average Bonchev–Trinajstić information content (AvgIpc) is 2.75. The molecule has 1 N–H and O–H groups in total. The number of nitrogens with zero attached hydrogens (tertiary/aromatic N) is 1. The van der Waals surface area contributed by atoms with Gasteiger partial charge in [-0.3, -0.25) is 0 Å². The van der Waals surface area contributed by atoms with E-state index in [2.05, 4.69) is 41.8 Å². The Morgan fingerprint density at radius 2 is 2.43 bits per heavy atom. The van der Waals surface area contributed by atoms with Gasteiger partial charge in [0.2, 0.25) is 0 Å². The van der Waals surface area contributed by atoms with E-state index in [4.69, 9.17) is 0 Å². The number of hydrogen-bond donors (Lipinski definition) is 1. The van der Waals surface area contributed by atoms with Gasteiger partial charge in [0.1, 0.15) is 0 Å². The molecular weight excluding hydrogens is 192 g/mol. The van der Waals surface area contributed by atoms with Gasteiger partial charge >= 0.3 is 0 Å². The van der Waals surface area contributed by atoms with Crippen molar-refractivity contribution >= 4 is 11.3 Å². The van der Waals surface area contributed by atoms with Crippen LogP contribution in [0.1, 0.15) is 17.3 Å². The predicted molar refractivity (Wildman–Crippen MR) is 61.7 cm³/mol. The Balaban J connectivity index is 2.15. The Morgan fingerprint density at radius 3 is 2.93 bits per heavy atom. The molecule has 1 fully saturated rings. The van der Waals surface area contributed by atoms with Crippen molar-refractivity contribution in [1.82, 2.24) is 10.2 Å². The third kappa shape index (κ3) is 2.00. The number of rotatable bonds is 3. The quantitative estimate of drug-likeness (QED) is 0.820. The van der Waals surface area contributed by atoms with Crippen LogP contribution in [-0.4, -0.2) is 32.1 Å². The van der Waals surface area contributed by atoms with Gasteiger partial charge in [0.05, 0.1) is 0 Å². The topological polar surface area (TPSA) is 15.3 Å². The second-order valence-corrected chi connectivity index (χ2v) is 5.16. The van der Waals surface area contributed by atoms with E-state index in [1.54, 1.807) is 0 Å². The molecule has 1 saturated heterocycles. The molecule has 14 heavy (non-hydrogen) atoms. The van der Waals surface area contributed by atoms with Gasteiger partial charge in [0.15, 0.2) is 0 Å². The number of nitrogens with one attached hydrogen (secondary N) is 1. The number of thiophene rings is 1. The van der Waals surface area contributed by atoms with Crippen LogP contribution in [0, 0.1) is 5.92 Å². The highest BCUT2D eigenvalue weighted by Gasteiger charge is 2.28. The van der Waals surface area contributed by atoms with E-state index in [9.17, 15) is 0 Å². The SMILES string of the molecule is CN(C)C(c1cccs1)C1CCNC1. The summed E-state index contributed by atoms with van der Waals surface area (Å²) in [4.78, 5) is 3.85. The van der Waals surface area contributed by atoms with Crippen molar-refractivity contribution in [3.8, 4) is 0 Å². The Bertz CT molecular complexity index is 263. The molecule has 1 aromatic heterocycles. The lowest BCUT2D eigenvalue weighted by Gasteiger charge is -2.28. The van der Waals surface area contributed by atoms with Crippen molar-refractivity contribution in [2.75, 3.05) is 27.2 Å². The molecule has 2 unspecified atom stereocenters. The summed E-state index contributed by atoms with van der Waals surface area (Å²) in [7, 11) is 4.37. The zero-order valence-corrected chi connectivity index (χ0v) is 9.68. The first kappa shape index (κ1) is 10.1. The molecule has 78 valence electrons. The van der Waals surface area contributed by atoms with Gasteiger partial charge in [0.25, 0.3) is 0 Å². The van der Waals surface area contributed by atoms with Crippen molar-refractivity contribution in [1.29, 1.82) is 0 Å². The summed E-state index contributed by atoms with van der Waals surface area (Å²) in [6, 6.07) is 5.01. The molecule has 1 aliphatic heterocycles. The number of hydrogen-bond acceptors (Lipinski definition) is 3. The van der Waals surface area contributed by atoms with Gasteiger partial charge in [0, 0.05) is 10.9 Å². The molecule has 1 aliphatic rings. The van der Waals surface area contributed by atoms with E-state index in [0.29, 0.717) is 6.04 Å². The van der Waals surface area contributed by atoms with Gasteiger partial charge in [-0.15, -0.1) is 11.3 Å². The minimum Gasteiger partial charge on any atom is -0.316 e. The van der Waals surface area contributed by atoms with Crippen LogP contribution in [0.5, 0.6) is 0 Å². The molecule has 0 spiro atoms. The van der Waals surface area contributed by atoms with Crippen LogP contribution in [0.15, 0.2) is 17.5 Å². The molecular formula is C11H18N2S. The van der Waals surface area contributed by atoms with E-state index < -0.39 is 0 Å². The summed E-state index contributed by atoms with van der Waals surface area (Å²) in [6.45, 7) is 2.35. The Morgan fingerprint density at radius 1 is 1.57 bits per heavy atom. The van der Waals surface area contributed by atoms with E-state index >= 15 is 0 Å². The van der Waals surface area contributed by atoms with Crippen LogP contribution >= 0.6 is 11.3 Å². The van der Waals surface area contributed by atoms with Gasteiger partial charge in [-0.1, -0.05) is 6.07 Å². The molecule has 0 aromatic carbocycles. The van der Waals surface area contributed by atoms with Crippen LogP contribution in [0.25, 0.3) is 0 Å². The van der Waals surface area contributed by atoms with E-state index in [1.165, 1.54) is 24.4 Å². The van der Waals surface area contributed by atoms with Gasteiger partial charge < -0.3 is 10.2 Å². The maximum atomic E-state index is 3.45. The van der Waals surface area contributed by atoms with E-state index in [-0.39, 0.29) is 0 Å². The Hall–Kier alpha value is -0.380. The monoisotopic (exact) mass is 210 g/mol. The molecule has 0 bridgehead atoms. The van der Waals surface area contributed by atoms with Crippen LogP contribution < -0.4 is 5.32 Å². The molecule has 0 radical (unpaired) electrons. The standard InChI is InChI=1S/C11H18N2S/c1-13(2)11(9-5-6-12-8-9)10-4-3-7-14-10/h3-4,7,9,11-12H,5-6,8H2,1-2H3. The highest BCUT2D eigenvalue weighted by atomic mass is 32.1. The second-order valence-electron chi connectivity index (χ2n) is 4.18. The fourth-order valence-corrected chi connectivity index (χ4v) is 3.33. The van der Waals surface area contributed by atoms with Crippen LogP contribution in [0.2, 0.25) is 0 Å². The van der Waals surface area contributed by atoms with Crippen LogP contribution in [-0.2, 0) is 0 Å². The first-order chi connectivity index (χ1) is 6.79. The highest BCUT2D eigenvalue weighted by Crippen LogP contribution is 2.33. The van der Waals surface area contributed by atoms with Gasteiger partial charge in [-0.05, 0) is 51.0 Å². The molecule has 3 heteroatoms. The first-order valence-corrected chi connectivity index (χ1v) is 6.07. The predicted octanol–water partition coefficient (Wildman–Crippen LogP) is 1.96. The average molecular weight is 210 g/mol. The second kappa shape index (κ2) is 4.43. The highest BCUT2D eigenvalue weighted by molar-refractivity contribution is 7.10.